The molecule has 0 aliphatic carbocycles. The van der Waals surface area contributed by atoms with E-state index in [0.29, 0.717) is 16.5 Å². The molecule has 0 aliphatic heterocycles. The monoisotopic (exact) mass is 317 g/mol. The highest BCUT2D eigenvalue weighted by Gasteiger charge is 2.09. The first-order valence-electron chi connectivity index (χ1n) is 7.11. The summed E-state index contributed by atoms with van der Waals surface area (Å²) in [5, 5.41) is 13.5. The summed E-state index contributed by atoms with van der Waals surface area (Å²) in [4.78, 5) is 17.7. The van der Waals surface area contributed by atoms with E-state index in [-0.39, 0.29) is 5.91 Å². The predicted molar refractivity (Wildman–Crippen MR) is 90.6 cm³/mol. The number of carbonyl (C=O) groups excluding carboxylic acids is 1. The van der Waals surface area contributed by atoms with Crippen LogP contribution in [0.5, 0.6) is 0 Å². The number of amides is 1. The van der Waals surface area contributed by atoms with Crippen molar-refractivity contribution in [2.45, 2.75) is 20.8 Å². The lowest BCUT2D eigenvalue weighted by Gasteiger charge is -2.22. The van der Waals surface area contributed by atoms with E-state index in [2.05, 4.69) is 39.3 Å². The molecule has 0 aliphatic rings. The summed E-state index contributed by atoms with van der Waals surface area (Å²) in [7, 11) is 0. The number of aromatic nitrogens is 1. The predicted octanol–water partition coefficient (Wildman–Crippen LogP) is 4.36. The maximum atomic E-state index is 11.4. The Morgan fingerprint density at radius 2 is 2.09 bits per heavy atom. The van der Waals surface area contributed by atoms with Crippen molar-refractivity contribution in [3.8, 4) is 0 Å². The summed E-state index contributed by atoms with van der Waals surface area (Å²) >= 11 is 1.41. The van der Waals surface area contributed by atoms with Crippen molar-refractivity contribution in [2.24, 2.45) is 10.2 Å². The second kappa shape index (κ2) is 7.65. The Bertz CT molecular complexity index is 650. The molecular formula is C15H19N5OS. The Balaban J connectivity index is 2.33. The summed E-state index contributed by atoms with van der Waals surface area (Å²) in [6.45, 7) is 7.47. The number of thiazole rings is 1. The molecule has 0 spiro atoms. The molecule has 1 aromatic carbocycles. The molecule has 1 N–H and O–H groups in total. The molecule has 1 amide bonds. The smallest absolute Gasteiger partial charge is 0.229 e. The minimum Gasteiger partial charge on any atom is -0.372 e. The molecule has 0 radical (unpaired) electrons. The Morgan fingerprint density at radius 3 is 2.68 bits per heavy atom. The number of carbonyl (C=O) groups is 1. The highest BCUT2D eigenvalue weighted by atomic mass is 32.1. The van der Waals surface area contributed by atoms with E-state index in [4.69, 9.17) is 0 Å². The Morgan fingerprint density at radius 1 is 1.32 bits per heavy atom. The van der Waals surface area contributed by atoms with Gasteiger partial charge in [-0.05, 0) is 32.0 Å². The van der Waals surface area contributed by atoms with Gasteiger partial charge in [0.25, 0.3) is 0 Å². The van der Waals surface area contributed by atoms with E-state index < -0.39 is 0 Å². The van der Waals surface area contributed by atoms with Crippen molar-refractivity contribution < 1.29 is 4.79 Å². The normalized spacial score (nSPS) is 10.9. The van der Waals surface area contributed by atoms with Crippen molar-refractivity contribution in [1.82, 2.24) is 4.98 Å². The second-order valence-electron chi connectivity index (χ2n) is 4.57. The second-order valence-corrected chi connectivity index (χ2v) is 5.44. The SMILES string of the molecule is CCN(CC)c1ccc(N=Nc2nccs2)c(NC(C)=O)c1. The molecule has 2 aromatic rings. The van der Waals surface area contributed by atoms with Crippen molar-refractivity contribution in [1.29, 1.82) is 0 Å². The highest BCUT2D eigenvalue weighted by Crippen LogP contribution is 2.31. The first kappa shape index (κ1) is 16.1. The maximum absolute atomic E-state index is 11.4. The van der Waals surface area contributed by atoms with Crippen LogP contribution in [0.25, 0.3) is 0 Å². The molecule has 0 atom stereocenters. The number of benzene rings is 1. The van der Waals surface area contributed by atoms with Gasteiger partial charge in [0.15, 0.2) is 0 Å². The third-order valence-corrected chi connectivity index (χ3v) is 3.74. The fourth-order valence-electron chi connectivity index (χ4n) is 2.05. The Labute approximate surface area is 133 Å². The third-order valence-electron chi connectivity index (χ3n) is 3.08. The summed E-state index contributed by atoms with van der Waals surface area (Å²) in [5.74, 6) is -0.137. The molecule has 116 valence electrons. The van der Waals surface area contributed by atoms with Crippen molar-refractivity contribution in [2.75, 3.05) is 23.3 Å². The molecule has 6 nitrogen and oxygen atoms in total. The van der Waals surface area contributed by atoms with Gasteiger partial charge >= 0.3 is 0 Å². The minimum absolute atomic E-state index is 0.137. The highest BCUT2D eigenvalue weighted by molar-refractivity contribution is 7.13. The van der Waals surface area contributed by atoms with E-state index in [1.807, 2.05) is 23.6 Å². The molecule has 22 heavy (non-hydrogen) atoms. The topological polar surface area (TPSA) is 70.0 Å². The standard InChI is InChI=1S/C15H19N5OS/c1-4-20(5-2)12-6-7-13(14(10-12)17-11(3)21)18-19-15-16-8-9-22-15/h6-10H,4-5H2,1-3H3,(H,17,21). The zero-order valence-electron chi connectivity index (χ0n) is 12.9. The van der Waals surface area contributed by atoms with Crippen LogP contribution >= 0.6 is 11.3 Å². The zero-order valence-corrected chi connectivity index (χ0v) is 13.7. The van der Waals surface area contributed by atoms with Gasteiger partial charge < -0.3 is 10.2 Å². The summed E-state index contributed by atoms with van der Waals surface area (Å²) in [5.41, 5.74) is 2.31. The molecule has 0 saturated carbocycles. The molecule has 0 unspecified atom stereocenters. The van der Waals surface area contributed by atoms with Crippen LogP contribution in [0.2, 0.25) is 0 Å². The van der Waals surface area contributed by atoms with Crippen LogP contribution < -0.4 is 10.2 Å². The fourth-order valence-corrected chi connectivity index (χ4v) is 2.50. The minimum atomic E-state index is -0.137. The molecule has 0 bridgehead atoms. The zero-order chi connectivity index (χ0) is 15.9. The Hall–Kier alpha value is -2.28. The largest absolute Gasteiger partial charge is 0.372 e. The molecular weight excluding hydrogens is 298 g/mol. The van der Waals surface area contributed by atoms with Crippen LogP contribution in [0.15, 0.2) is 40.0 Å². The van der Waals surface area contributed by atoms with Crippen molar-refractivity contribution in [3.05, 3.63) is 29.8 Å². The van der Waals surface area contributed by atoms with Gasteiger partial charge in [-0.1, -0.05) is 0 Å². The van der Waals surface area contributed by atoms with Crippen LogP contribution in [-0.4, -0.2) is 24.0 Å². The summed E-state index contributed by atoms with van der Waals surface area (Å²) < 4.78 is 0. The van der Waals surface area contributed by atoms with Crippen LogP contribution in [0, 0.1) is 0 Å². The van der Waals surface area contributed by atoms with E-state index in [9.17, 15) is 4.79 Å². The number of nitrogens with one attached hydrogen (secondary N) is 1. The van der Waals surface area contributed by atoms with Gasteiger partial charge in [-0.3, -0.25) is 4.79 Å². The number of azo groups is 1. The van der Waals surface area contributed by atoms with Crippen molar-refractivity contribution >= 4 is 39.4 Å². The molecule has 7 heteroatoms. The first-order chi connectivity index (χ1) is 10.6. The van der Waals surface area contributed by atoms with Gasteiger partial charge in [0, 0.05) is 37.3 Å². The molecule has 2 rings (SSSR count). The lowest BCUT2D eigenvalue weighted by molar-refractivity contribution is -0.114. The molecule has 0 fully saturated rings. The average molecular weight is 317 g/mol. The van der Waals surface area contributed by atoms with Gasteiger partial charge in [0.1, 0.15) is 5.69 Å². The lowest BCUT2D eigenvalue weighted by atomic mass is 10.2. The van der Waals surface area contributed by atoms with E-state index >= 15 is 0 Å². The van der Waals surface area contributed by atoms with Gasteiger partial charge in [-0.2, -0.15) is 0 Å². The van der Waals surface area contributed by atoms with Crippen LogP contribution in [0.1, 0.15) is 20.8 Å². The van der Waals surface area contributed by atoms with Gasteiger partial charge in [0.2, 0.25) is 11.0 Å². The number of hydrogen-bond acceptors (Lipinski definition) is 6. The van der Waals surface area contributed by atoms with Crippen LogP contribution in [0.3, 0.4) is 0 Å². The number of rotatable bonds is 6. The summed E-state index contributed by atoms with van der Waals surface area (Å²) in [6.07, 6.45) is 1.68. The fraction of sp³-hybridized carbons (Fsp3) is 0.333. The summed E-state index contributed by atoms with van der Waals surface area (Å²) in [6, 6.07) is 5.76. The van der Waals surface area contributed by atoms with Crippen molar-refractivity contribution in [3.63, 3.8) is 0 Å². The Kier molecular flexibility index (Phi) is 5.60. The lowest BCUT2D eigenvalue weighted by Crippen LogP contribution is -2.21. The quantitative estimate of drug-likeness (QED) is 0.805. The van der Waals surface area contributed by atoms with Gasteiger partial charge in [-0.25, -0.2) is 4.98 Å². The third kappa shape index (κ3) is 4.11. The molecule has 1 aromatic heterocycles. The first-order valence-corrected chi connectivity index (χ1v) is 7.99. The van der Waals surface area contributed by atoms with E-state index in [1.165, 1.54) is 18.3 Å². The van der Waals surface area contributed by atoms with Gasteiger partial charge in [-0.15, -0.1) is 21.6 Å². The van der Waals surface area contributed by atoms with E-state index in [1.54, 1.807) is 6.20 Å². The number of anilines is 2. The van der Waals surface area contributed by atoms with Crippen LogP contribution in [-0.2, 0) is 4.79 Å². The average Bonchev–Trinajstić information content (AvgIpc) is 3.00. The van der Waals surface area contributed by atoms with E-state index in [0.717, 1.165) is 18.8 Å². The van der Waals surface area contributed by atoms with Gasteiger partial charge in [0.05, 0.1) is 5.69 Å². The maximum Gasteiger partial charge on any atom is 0.229 e. The molecule has 0 saturated heterocycles. The van der Waals surface area contributed by atoms with Crippen LogP contribution in [0.4, 0.5) is 22.2 Å². The number of nitrogens with zero attached hydrogens (tertiary/aromatic N) is 4. The number of hydrogen-bond donors (Lipinski definition) is 1. The molecule has 1 heterocycles.